The van der Waals surface area contributed by atoms with E-state index in [1.165, 1.54) is 5.56 Å². The largest absolute Gasteiger partial charge is 0.355 e. The summed E-state index contributed by atoms with van der Waals surface area (Å²) < 4.78 is 0. The van der Waals surface area contributed by atoms with Crippen molar-refractivity contribution in [1.29, 1.82) is 0 Å². The number of aromatic nitrogens is 1. The summed E-state index contributed by atoms with van der Waals surface area (Å²) in [4.78, 5) is 33.5. The van der Waals surface area contributed by atoms with Crippen LogP contribution in [0.15, 0.2) is 42.6 Å². The Hall–Kier alpha value is -2.89. The van der Waals surface area contributed by atoms with Gasteiger partial charge in [0.15, 0.2) is 0 Å². The maximum absolute atomic E-state index is 12.6. The van der Waals surface area contributed by atoms with E-state index in [9.17, 15) is 9.59 Å². The third-order valence-electron chi connectivity index (χ3n) is 5.64. The number of rotatable bonds is 4. The number of carbonyl (C=O) groups is 2. The summed E-state index contributed by atoms with van der Waals surface area (Å²) in [6.07, 6.45) is 2.61. The third kappa shape index (κ3) is 5.84. The van der Waals surface area contributed by atoms with E-state index in [0.29, 0.717) is 17.8 Å². The molecule has 1 aliphatic heterocycles. The molecular weight excluding hydrogens is 388 g/mol. The summed E-state index contributed by atoms with van der Waals surface area (Å²) in [6, 6.07) is 11.5. The van der Waals surface area contributed by atoms with E-state index in [-0.39, 0.29) is 23.1 Å². The molecule has 0 spiro atoms. The van der Waals surface area contributed by atoms with Crippen molar-refractivity contribution in [2.75, 3.05) is 36.4 Å². The van der Waals surface area contributed by atoms with E-state index in [0.717, 1.165) is 31.9 Å². The molecule has 31 heavy (non-hydrogen) atoms. The molecule has 6 nitrogen and oxygen atoms in total. The van der Waals surface area contributed by atoms with E-state index >= 15 is 0 Å². The van der Waals surface area contributed by atoms with Gasteiger partial charge in [-0.1, -0.05) is 46.8 Å². The number of nitrogens with one attached hydrogen (secondary N) is 1. The van der Waals surface area contributed by atoms with Crippen LogP contribution in [-0.2, 0) is 10.2 Å². The van der Waals surface area contributed by atoms with Gasteiger partial charge in [-0.05, 0) is 41.7 Å². The average molecular weight is 423 g/mol. The smallest absolute Gasteiger partial charge is 0.255 e. The molecule has 0 atom stereocenters. The van der Waals surface area contributed by atoms with Crippen LogP contribution in [0.5, 0.6) is 0 Å². The first-order chi connectivity index (χ1) is 14.6. The molecule has 3 rings (SSSR count). The Morgan fingerprint density at radius 2 is 1.68 bits per heavy atom. The minimum absolute atomic E-state index is 0.0252. The van der Waals surface area contributed by atoms with Crippen LogP contribution >= 0.6 is 0 Å². The predicted molar refractivity (Wildman–Crippen MR) is 126 cm³/mol. The standard InChI is InChI=1S/C25H34N4O2/c1-18(2)24(31)29-14-6-13-28(15-16-29)22-12-11-21(17-26-22)27-23(30)19-7-9-20(10-8-19)25(3,4)5/h7-12,17-18H,6,13-16H2,1-5H3,(H,27,30). The second-order valence-corrected chi connectivity index (χ2v) is 9.51. The second kappa shape index (κ2) is 9.50. The molecule has 0 aliphatic carbocycles. The summed E-state index contributed by atoms with van der Waals surface area (Å²) in [6.45, 7) is 13.5. The topological polar surface area (TPSA) is 65.5 Å². The molecule has 6 heteroatoms. The molecule has 0 bridgehead atoms. The monoisotopic (exact) mass is 422 g/mol. The molecule has 0 radical (unpaired) electrons. The van der Waals surface area contributed by atoms with Crippen LogP contribution in [0.25, 0.3) is 0 Å². The normalized spacial score (nSPS) is 15.0. The van der Waals surface area contributed by atoms with Crippen LogP contribution in [0.1, 0.15) is 57.0 Å². The predicted octanol–water partition coefficient (Wildman–Crippen LogP) is 4.33. The molecule has 1 saturated heterocycles. The minimum atomic E-state index is -0.146. The molecule has 2 amide bonds. The summed E-state index contributed by atoms with van der Waals surface area (Å²) in [5, 5.41) is 2.92. The molecule has 1 N–H and O–H groups in total. The van der Waals surface area contributed by atoms with Crippen LogP contribution in [-0.4, -0.2) is 47.9 Å². The number of nitrogens with zero attached hydrogens (tertiary/aromatic N) is 3. The lowest BCUT2D eigenvalue weighted by atomic mass is 9.87. The van der Waals surface area contributed by atoms with E-state index < -0.39 is 0 Å². The number of benzene rings is 1. The van der Waals surface area contributed by atoms with Crippen LogP contribution < -0.4 is 10.2 Å². The van der Waals surface area contributed by atoms with Crippen molar-refractivity contribution < 1.29 is 9.59 Å². The first kappa shape index (κ1) is 22.8. The van der Waals surface area contributed by atoms with Crippen LogP contribution in [0.3, 0.4) is 0 Å². The maximum Gasteiger partial charge on any atom is 0.255 e. The lowest BCUT2D eigenvalue weighted by molar-refractivity contribution is -0.134. The van der Waals surface area contributed by atoms with Crippen LogP contribution in [0.2, 0.25) is 0 Å². The van der Waals surface area contributed by atoms with Crippen molar-refractivity contribution in [1.82, 2.24) is 9.88 Å². The maximum atomic E-state index is 12.6. The zero-order chi connectivity index (χ0) is 22.6. The molecule has 1 aromatic carbocycles. The molecule has 0 saturated carbocycles. The fraction of sp³-hybridized carbons (Fsp3) is 0.480. The molecule has 166 valence electrons. The van der Waals surface area contributed by atoms with Gasteiger partial charge in [0.05, 0.1) is 11.9 Å². The number of amides is 2. The van der Waals surface area contributed by atoms with Crippen LogP contribution in [0, 0.1) is 5.92 Å². The van der Waals surface area contributed by atoms with Crippen molar-refractivity contribution in [3.63, 3.8) is 0 Å². The zero-order valence-corrected chi connectivity index (χ0v) is 19.3. The van der Waals surface area contributed by atoms with Gasteiger partial charge in [-0.25, -0.2) is 4.98 Å². The first-order valence-corrected chi connectivity index (χ1v) is 11.1. The van der Waals surface area contributed by atoms with E-state index in [2.05, 4.69) is 36.0 Å². The van der Waals surface area contributed by atoms with E-state index in [1.54, 1.807) is 6.20 Å². The van der Waals surface area contributed by atoms with Gasteiger partial charge in [0.2, 0.25) is 5.91 Å². The highest BCUT2D eigenvalue weighted by Crippen LogP contribution is 2.23. The summed E-state index contributed by atoms with van der Waals surface area (Å²) in [5.41, 5.74) is 2.54. The van der Waals surface area contributed by atoms with E-state index in [1.807, 2.05) is 55.1 Å². The number of carbonyl (C=O) groups excluding carboxylic acids is 2. The highest BCUT2D eigenvalue weighted by Gasteiger charge is 2.21. The Kier molecular flexibility index (Phi) is 6.98. The molecule has 1 aromatic heterocycles. The molecule has 2 heterocycles. The number of hydrogen-bond donors (Lipinski definition) is 1. The molecule has 2 aromatic rings. The van der Waals surface area contributed by atoms with Crippen LogP contribution in [0.4, 0.5) is 11.5 Å². The summed E-state index contributed by atoms with van der Waals surface area (Å²) >= 11 is 0. The Morgan fingerprint density at radius 1 is 0.968 bits per heavy atom. The Bertz CT molecular complexity index is 899. The van der Waals surface area contributed by atoms with Crippen molar-refractivity contribution in [2.45, 2.75) is 46.5 Å². The number of pyridine rings is 1. The third-order valence-corrected chi connectivity index (χ3v) is 5.64. The lowest BCUT2D eigenvalue weighted by Gasteiger charge is -2.24. The fourth-order valence-corrected chi connectivity index (χ4v) is 3.70. The second-order valence-electron chi connectivity index (χ2n) is 9.51. The highest BCUT2D eigenvalue weighted by molar-refractivity contribution is 6.04. The van der Waals surface area contributed by atoms with Gasteiger partial charge in [-0.3, -0.25) is 9.59 Å². The SMILES string of the molecule is CC(C)C(=O)N1CCCN(c2ccc(NC(=O)c3ccc(C(C)(C)C)cc3)cn2)CC1. The van der Waals surface area contributed by atoms with Gasteiger partial charge >= 0.3 is 0 Å². The van der Waals surface area contributed by atoms with Gasteiger partial charge < -0.3 is 15.1 Å². The minimum Gasteiger partial charge on any atom is -0.355 e. The van der Waals surface area contributed by atoms with Gasteiger partial charge in [-0.2, -0.15) is 0 Å². The first-order valence-electron chi connectivity index (χ1n) is 11.1. The lowest BCUT2D eigenvalue weighted by Crippen LogP contribution is -2.37. The fourth-order valence-electron chi connectivity index (χ4n) is 3.70. The molecular formula is C25H34N4O2. The van der Waals surface area contributed by atoms with Crippen molar-refractivity contribution in [3.8, 4) is 0 Å². The van der Waals surface area contributed by atoms with Crippen molar-refractivity contribution >= 4 is 23.3 Å². The van der Waals surface area contributed by atoms with Crippen molar-refractivity contribution in [3.05, 3.63) is 53.7 Å². The Labute approximate surface area is 185 Å². The number of anilines is 2. The molecule has 1 aliphatic rings. The van der Waals surface area contributed by atoms with Crippen molar-refractivity contribution in [2.24, 2.45) is 5.92 Å². The highest BCUT2D eigenvalue weighted by atomic mass is 16.2. The Balaban J connectivity index is 1.60. The number of hydrogen-bond acceptors (Lipinski definition) is 4. The van der Waals surface area contributed by atoms with Gasteiger partial charge in [0, 0.05) is 37.7 Å². The Morgan fingerprint density at radius 3 is 2.26 bits per heavy atom. The quantitative estimate of drug-likeness (QED) is 0.797. The van der Waals surface area contributed by atoms with Gasteiger partial charge in [0.1, 0.15) is 5.82 Å². The van der Waals surface area contributed by atoms with Gasteiger partial charge in [-0.15, -0.1) is 0 Å². The van der Waals surface area contributed by atoms with Gasteiger partial charge in [0.25, 0.3) is 5.91 Å². The molecule has 1 fully saturated rings. The zero-order valence-electron chi connectivity index (χ0n) is 19.3. The molecule has 0 unspecified atom stereocenters. The summed E-state index contributed by atoms with van der Waals surface area (Å²) in [5.74, 6) is 0.958. The summed E-state index contributed by atoms with van der Waals surface area (Å²) in [7, 11) is 0. The average Bonchev–Trinajstić information content (AvgIpc) is 2.99. The van der Waals surface area contributed by atoms with E-state index in [4.69, 9.17) is 0 Å².